The first-order chi connectivity index (χ1) is 10.2. The van der Waals surface area contributed by atoms with Crippen LogP contribution in [-0.2, 0) is 4.79 Å². The Hall–Kier alpha value is -1.39. The minimum absolute atomic E-state index is 0.0549. The number of amides is 1. The molecular weight excluding hydrogens is 264 g/mol. The molecule has 1 aliphatic carbocycles. The molecule has 1 saturated carbocycles. The molecule has 4 nitrogen and oxygen atoms in total. The number of carbonyl (C=O) groups excluding carboxylic acids is 1. The maximum Gasteiger partial charge on any atom is 0.223 e. The number of carbonyl (C=O) groups is 1. The van der Waals surface area contributed by atoms with Crippen LogP contribution in [0.15, 0.2) is 30.3 Å². The Labute approximate surface area is 126 Å². The van der Waals surface area contributed by atoms with Crippen LogP contribution in [0.1, 0.15) is 43.6 Å². The number of aliphatic hydroxyl groups excluding tert-OH is 1. The van der Waals surface area contributed by atoms with Crippen LogP contribution in [0, 0.1) is 5.92 Å². The molecule has 1 fully saturated rings. The Morgan fingerprint density at radius 3 is 2.76 bits per heavy atom. The third-order valence-electron chi connectivity index (χ3n) is 4.36. The van der Waals surface area contributed by atoms with Crippen molar-refractivity contribution >= 4 is 5.91 Å². The Balaban J connectivity index is 1.88. The minimum Gasteiger partial charge on any atom is -0.396 e. The second-order valence-electron chi connectivity index (χ2n) is 5.99. The molecule has 3 atom stereocenters. The van der Waals surface area contributed by atoms with E-state index in [1.54, 1.807) is 0 Å². The highest BCUT2D eigenvalue weighted by Crippen LogP contribution is 2.24. The molecular formula is C17H26N2O2. The molecule has 0 spiro atoms. The number of benzene rings is 1. The van der Waals surface area contributed by atoms with Crippen molar-refractivity contribution < 1.29 is 9.90 Å². The smallest absolute Gasteiger partial charge is 0.223 e. The first kappa shape index (κ1) is 16.0. The zero-order chi connectivity index (χ0) is 15.1. The van der Waals surface area contributed by atoms with Crippen molar-refractivity contribution in [3.63, 3.8) is 0 Å². The highest BCUT2D eigenvalue weighted by atomic mass is 16.3. The number of nitrogens with two attached hydrogens (primary N) is 1. The summed E-state index contributed by atoms with van der Waals surface area (Å²) >= 11 is 0. The predicted octanol–water partition coefficient (Wildman–Crippen LogP) is 1.79. The molecule has 1 aliphatic rings. The molecule has 21 heavy (non-hydrogen) atoms. The van der Waals surface area contributed by atoms with Gasteiger partial charge < -0.3 is 16.2 Å². The summed E-state index contributed by atoms with van der Waals surface area (Å²) in [5, 5.41) is 12.3. The van der Waals surface area contributed by atoms with Gasteiger partial charge in [0, 0.05) is 31.0 Å². The van der Waals surface area contributed by atoms with Crippen molar-refractivity contribution in [3.05, 3.63) is 35.9 Å². The molecule has 0 bridgehead atoms. The number of aliphatic hydroxyl groups is 1. The molecule has 116 valence electrons. The third-order valence-corrected chi connectivity index (χ3v) is 4.36. The monoisotopic (exact) mass is 290 g/mol. The van der Waals surface area contributed by atoms with Crippen LogP contribution in [0.25, 0.3) is 0 Å². The lowest BCUT2D eigenvalue weighted by molar-refractivity contribution is -0.126. The molecule has 1 aromatic carbocycles. The molecule has 0 radical (unpaired) electrons. The standard InChI is InChI=1S/C17H26N2O2/c18-16-8-4-7-14(11-16)17(21)19-12-15(9-10-20)13-5-2-1-3-6-13/h1-3,5-6,14-16,20H,4,7-12,18H2,(H,19,21). The fraction of sp³-hybridized carbons (Fsp3) is 0.588. The van der Waals surface area contributed by atoms with Crippen LogP contribution in [0.4, 0.5) is 0 Å². The molecule has 2 rings (SSSR count). The van der Waals surface area contributed by atoms with Gasteiger partial charge in [-0.2, -0.15) is 0 Å². The van der Waals surface area contributed by atoms with E-state index in [4.69, 9.17) is 5.73 Å². The van der Waals surface area contributed by atoms with E-state index in [9.17, 15) is 9.90 Å². The van der Waals surface area contributed by atoms with Crippen molar-refractivity contribution in [2.24, 2.45) is 11.7 Å². The van der Waals surface area contributed by atoms with Gasteiger partial charge in [0.2, 0.25) is 5.91 Å². The largest absolute Gasteiger partial charge is 0.396 e. The van der Waals surface area contributed by atoms with Crippen LogP contribution in [0.5, 0.6) is 0 Å². The van der Waals surface area contributed by atoms with E-state index < -0.39 is 0 Å². The van der Waals surface area contributed by atoms with Gasteiger partial charge in [-0.25, -0.2) is 0 Å². The average Bonchev–Trinajstić information content (AvgIpc) is 2.52. The Morgan fingerprint density at radius 2 is 2.10 bits per heavy atom. The highest BCUT2D eigenvalue weighted by Gasteiger charge is 2.25. The lowest BCUT2D eigenvalue weighted by atomic mass is 9.85. The highest BCUT2D eigenvalue weighted by molar-refractivity contribution is 5.78. The fourth-order valence-corrected chi connectivity index (χ4v) is 3.10. The van der Waals surface area contributed by atoms with Crippen molar-refractivity contribution in [2.45, 2.75) is 44.1 Å². The molecule has 1 amide bonds. The van der Waals surface area contributed by atoms with E-state index in [0.717, 1.165) is 31.2 Å². The molecule has 0 heterocycles. The summed E-state index contributed by atoms with van der Waals surface area (Å²) in [6, 6.07) is 10.2. The second kappa shape index (κ2) is 8.15. The molecule has 1 aromatic rings. The Bertz CT molecular complexity index is 436. The first-order valence-corrected chi connectivity index (χ1v) is 7.89. The predicted molar refractivity (Wildman–Crippen MR) is 83.8 cm³/mol. The molecule has 4 heteroatoms. The van der Waals surface area contributed by atoms with Crippen LogP contribution in [0.2, 0.25) is 0 Å². The van der Waals surface area contributed by atoms with Gasteiger partial charge in [-0.15, -0.1) is 0 Å². The lowest BCUT2D eigenvalue weighted by Gasteiger charge is -2.26. The fourth-order valence-electron chi connectivity index (χ4n) is 3.10. The van der Waals surface area contributed by atoms with Gasteiger partial charge >= 0.3 is 0 Å². The van der Waals surface area contributed by atoms with Crippen LogP contribution in [-0.4, -0.2) is 30.2 Å². The zero-order valence-electron chi connectivity index (χ0n) is 12.5. The van der Waals surface area contributed by atoms with E-state index >= 15 is 0 Å². The molecule has 0 aliphatic heterocycles. The van der Waals surface area contributed by atoms with Crippen molar-refractivity contribution in [1.82, 2.24) is 5.32 Å². The average molecular weight is 290 g/mol. The number of rotatable bonds is 6. The van der Waals surface area contributed by atoms with Crippen molar-refractivity contribution in [2.75, 3.05) is 13.2 Å². The van der Waals surface area contributed by atoms with Gasteiger partial charge in [-0.05, 0) is 31.2 Å². The number of hydrogen-bond donors (Lipinski definition) is 3. The number of hydrogen-bond acceptors (Lipinski definition) is 3. The summed E-state index contributed by atoms with van der Waals surface area (Å²) in [5.41, 5.74) is 7.10. The Morgan fingerprint density at radius 1 is 1.33 bits per heavy atom. The summed E-state index contributed by atoms with van der Waals surface area (Å²) in [4.78, 5) is 12.3. The maximum absolute atomic E-state index is 12.3. The molecule has 4 N–H and O–H groups in total. The van der Waals surface area contributed by atoms with E-state index in [0.29, 0.717) is 13.0 Å². The number of nitrogens with one attached hydrogen (secondary N) is 1. The van der Waals surface area contributed by atoms with Crippen molar-refractivity contribution in [1.29, 1.82) is 0 Å². The summed E-state index contributed by atoms with van der Waals surface area (Å²) in [6.45, 7) is 0.707. The van der Waals surface area contributed by atoms with E-state index in [1.165, 1.54) is 0 Å². The third kappa shape index (κ3) is 4.83. The quantitative estimate of drug-likeness (QED) is 0.747. The van der Waals surface area contributed by atoms with Crippen molar-refractivity contribution in [3.8, 4) is 0 Å². The van der Waals surface area contributed by atoms with Gasteiger partial charge in [0.1, 0.15) is 0 Å². The first-order valence-electron chi connectivity index (χ1n) is 7.89. The van der Waals surface area contributed by atoms with Crippen LogP contribution in [0.3, 0.4) is 0 Å². The van der Waals surface area contributed by atoms with Gasteiger partial charge in [-0.3, -0.25) is 4.79 Å². The maximum atomic E-state index is 12.3. The zero-order valence-corrected chi connectivity index (χ0v) is 12.5. The van der Waals surface area contributed by atoms with Gasteiger partial charge in [-0.1, -0.05) is 36.8 Å². The summed E-state index contributed by atoms with van der Waals surface area (Å²) in [7, 11) is 0. The molecule has 0 saturated heterocycles. The van der Waals surface area contributed by atoms with Gasteiger partial charge in [0.05, 0.1) is 0 Å². The van der Waals surface area contributed by atoms with Crippen LogP contribution < -0.4 is 11.1 Å². The molecule has 0 aromatic heterocycles. The van der Waals surface area contributed by atoms with E-state index in [2.05, 4.69) is 5.32 Å². The summed E-state index contributed by atoms with van der Waals surface area (Å²) in [6.07, 6.45) is 4.46. The summed E-state index contributed by atoms with van der Waals surface area (Å²) in [5.74, 6) is 0.334. The summed E-state index contributed by atoms with van der Waals surface area (Å²) < 4.78 is 0. The topological polar surface area (TPSA) is 75.4 Å². The van der Waals surface area contributed by atoms with Gasteiger partial charge in [0.15, 0.2) is 0 Å². The lowest BCUT2D eigenvalue weighted by Crippen LogP contribution is -2.39. The molecule has 3 unspecified atom stereocenters. The Kier molecular flexibility index (Phi) is 6.21. The second-order valence-corrected chi connectivity index (χ2v) is 5.99. The van der Waals surface area contributed by atoms with E-state index in [1.807, 2.05) is 30.3 Å². The normalized spacial score (nSPS) is 23.5. The minimum atomic E-state index is 0.0549. The van der Waals surface area contributed by atoms with Crippen LogP contribution >= 0.6 is 0 Å². The SMILES string of the molecule is NC1CCCC(C(=O)NCC(CCO)c2ccccc2)C1. The van der Waals surface area contributed by atoms with E-state index in [-0.39, 0.29) is 30.4 Å². The van der Waals surface area contributed by atoms with Gasteiger partial charge in [0.25, 0.3) is 0 Å².